The van der Waals surface area contributed by atoms with Crippen LogP contribution in [0.25, 0.3) is 0 Å². The van der Waals surface area contributed by atoms with Crippen LogP contribution in [0.1, 0.15) is 42.3 Å². The maximum atomic E-state index is 12.5. The Bertz CT molecular complexity index is 518. The summed E-state index contributed by atoms with van der Waals surface area (Å²) in [5, 5.41) is 11.2. The molecule has 1 aliphatic carbocycles. The van der Waals surface area contributed by atoms with Crippen LogP contribution in [-0.2, 0) is 0 Å². The fraction of sp³-hybridized carbons (Fsp3) is 0.714. The number of fused-ring (bicyclic) bond motifs is 1. The largest absolute Gasteiger partial charge is 0.390 e. The summed E-state index contributed by atoms with van der Waals surface area (Å²) in [5.41, 5.74) is 5.00. The van der Waals surface area contributed by atoms with Crippen molar-refractivity contribution in [2.24, 2.45) is 11.8 Å². The van der Waals surface area contributed by atoms with Gasteiger partial charge in [0.05, 0.1) is 11.8 Å². The number of rotatable bonds is 2. The molecule has 1 aliphatic heterocycles. The van der Waals surface area contributed by atoms with Crippen LogP contribution < -0.4 is 5.73 Å². The van der Waals surface area contributed by atoms with Crippen molar-refractivity contribution in [1.82, 2.24) is 9.88 Å². The van der Waals surface area contributed by atoms with Crippen molar-refractivity contribution < 1.29 is 9.90 Å². The monoisotopic (exact) mass is 295 g/mol. The van der Waals surface area contributed by atoms with Gasteiger partial charge in [0, 0.05) is 19.0 Å². The Morgan fingerprint density at radius 2 is 2.45 bits per heavy atom. The van der Waals surface area contributed by atoms with Crippen molar-refractivity contribution in [3.8, 4) is 0 Å². The molecule has 20 heavy (non-hydrogen) atoms. The van der Waals surface area contributed by atoms with Gasteiger partial charge < -0.3 is 15.7 Å². The van der Waals surface area contributed by atoms with Crippen molar-refractivity contribution >= 4 is 22.4 Å². The highest BCUT2D eigenvalue weighted by atomic mass is 32.1. The standard InChI is InChI=1S/C14H21N3O2S/c1-2-14(19)5-3-4-9-7-17(8-10(9)14)12(18)11-6-16-13(15)20-11/h6,9-10,19H,2-5,7-8H2,1H3,(H2,15,16)/t9-,10+,14-/m0/s1. The molecule has 110 valence electrons. The van der Waals surface area contributed by atoms with Gasteiger partial charge in [-0.05, 0) is 25.2 Å². The van der Waals surface area contributed by atoms with Gasteiger partial charge in [0.15, 0.2) is 5.13 Å². The smallest absolute Gasteiger partial charge is 0.265 e. The average Bonchev–Trinajstić information content (AvgIpc) is 3.05. The van der Waals surface area contributed by atoms with Crippen LogP contribution in [0, 0.1) is 11.8 Å². The molecule has 1 aromatic rings. The van der Waals surface area contributed by atoms with E-state index in [9.17, 15) is 9.90 Å². The van der Waals surface area contributed by atoms with E-state index < -0.39 is 5.60 Å². The number of likely N-dealkylation sites (tertiary alicyclic amines) is 1. The molecule has 1 saturated carbocycles. The first-order valence-electron chi connectivity index (χ1n) is 7.26. The van der Waals surface area contributed by atoms with Gasteiger partial charge in [-0.1, -0.05) is 24.7 Å². The summed E-state index contributed by atoms with van der Waals surface area (Å²) in [6, 6.07) is 0. The number of nitrogens with zero attached hydrogens (tertiary/aromatic N) is 2. The summed E-state index contributed by atoms with van der Waals surface area (Å²) in [5.74, 6) is 0.658. The Kier molecular flexibility index (Phi) is 3.46. The first-order chi connectivity index (χ1) is 9.53. The highest BCUT2D eigenvalue weighted by molar-refractivity contribution is 7.17. The van der Waals surface area contributed by atoms with E-state index in [1.165, 1.54) is 11.3 Å². The third kappa shape index (κ3) is 2.20. The van der Waals surface area contributed by atoms with E-state index in [-0.39, 0.29) is 11.8 Å². The molecular weight excluding hydrogens is 274 g/mol. The molecule has 0 spiro atoms. The molecule has 3 rings (SSSR count). The number of hydrogen-bond donors (Lipinski definition) is 2. The summed E-state index contributed by atoms with van der Waals surface area (Å²) in [6.45, 7) is 3.45. The normalized spacial score (nSPS) is 33.2. The minimum atomic E-state index is -0.593. The van der Waals surface area contributed by atoms with Crippen molar-refractivity contribution in [2.45, 2.75) is 38.2 Å². The molecule has 1 amide bonds. The molecule has 3 atom stereocenters. The number of amides is 1. The fourth-order valence-electron chi connectivity index (χ4n) is 3.78. The van der Waals surface area contributed by atoms with Gasteiger partial charge in [0.2, 0.25) is 0 Å². The highest BCUT2D eigenvalue weighted by Crippen LogP contribution is 2.44. The third-order valence-corrected chi connectivity index (χ3v) is 5.76. The molecule has 2 heterocycles. The molecule has 0 aromatic carbocycles. The van der Waals surface area contributed by atoms with Crippen molar-refractivity contribution in [3.05, 3.63) is 11.1 Å². The van der Waals surface area contributed by atoms with E-state index in [2.05, 4.69) is 4.98 Å². The Morgan fingerprint density at radius 3 is 3.10 bits per heavy atom. The lowest BCUT2D eigenvalue weighted by atomic mass is 9.69. The molecule has 2 fully saturated rings. The first-order valence-corrected chi connectivity index (χ1v) is 8.08. The van der Waals surface area contributed by atoms with Crippen molar-refractivity contribution in [2.75, 3.05) is 18.8 Å². The Hall–Kier alpha value is -1.14. The predicted molar refractivity (Wildman–Crippen MR) is 78.5 cm³/mol. The third-order valence-electron chi connectivity index (χ3n) is 4.95. The molecular formula is C14H21N3O2S. The number of nitrogens with two attached hydrogens (primary N) is 1. The van der Waals surface area contributed by atoms with Gasteiger partial charge in [0.1, 0.15) is 4.88 Å². The lowest BCUT2D eigenvalue weighted by Gasteiger charge is -2.40. The Labute approximate surface area is 122 Å². The Morgan fingerprint density at radius 1 is 1.65 bits per heavy atom. The average molecular weight is 295 g/mol. The molecule has 3 N–H and O–H groups in total. The second-order valence-corrected chi connectivity index (χ2v) is 7.05. The number of aliphatic hydroxyl groups is 1. The number of thiazole rings is 1. The summed E-state index contributed by atoms with van der Waals surface area (Å²) in [6.07, 6.45) is 5.35. The van der Waals surface area contributed by atoms with Crippen LogP contribution in [0.3, 0.4) is 0 Å². The quantitative estimate of drug-likeness (QED) is 0.871. The van der Waals surface area contributed by atoms with E-state index in [0.29, 0.717) is 22.5 Å². The molecule has 0 bridgehead atoms. The van der Waals surface area contributed by atoms with Crippen molar-refractivity contribution in [1.29, 1.82) is 0 Å². The zero-order valence-electron chi connectivity index (χ0n) is 11.7. The zero-order valence-corrected chi connectivity index (χ0v) is 12.5. The van der Waals surface area contributed by atoms with Crippen LogP contribution in [0.4, 0.5) is 5.13 Å². The molecule has 1 aromatic heterocycles. The van der Waals surface area contributed by atoms with E-state index in [0.717, 1.165) is 32.2 Å². The van der Waals surface area contributed by atoms with Crippen LogP contribution in [0.2, 0.25) is 0 Å². The number of hydrogen-bond acceptors (Lipinski definition) is 5. The van der Waals surface area contributed by atoms with Gasteiger partial charge in [0.25, 0.3) is 5.91 Å². The number of carbonyl (C=O) groups excluding carboxylic acids is 1. The summed E-state index contributed by atoms with van der Waals surface area (Å²) in [7, 11) is 0. The minimum Gasteiger partial charge on any atom is -0.390 e. The molecule has 2 aliphatic rings. The molecule has 6 heteroatoms. The lowest BCUT2D eigenvalue weighted by molar-refractivity contribution is -0.0609. The summed E-state index contributed by atoms with van der Waals surface area (Å²) in [4.78, 5) is 18.9. The van der Waals surface area contributed by atoms with Crippen molar-refractivity contribution in [3.63, 3.8) is 0 Å². The topological polar surface area (TPSA) is 79.5 Å². The van der Waals surface area contributed by atoms with Crippen LogP contribution in [0.15, 0.2) is 6.20 Å². The minimum absolute atomic E-state index is 0.00653. The van der Waals surface area contributed by atoms with Gasteiger partial charge in [-0.2, -0.15) is 0 Å². The number of anilines is 1. The fourth-order valence-corrected chi connectivity index (χ4v) is 4.43. The van der Waals surface area contributed by atoms with E-state index in [4.69, 9.17) is 5.73 Å². The number of carbonyl (C=O) groups is 1. The first kappa shape index (κ1) is 13.8. The van der Waals surface area contributed by atoms with E-state index in [1.54, 1.807) is 6.20 Å². The molecule has 1 saturated heterocycles. The van der Waals surface area contributed by atoms with Gasteiger partial charge in [-0.25, -0.2) is 4.98 Å². The number of aromatic nitrogens is 1. The predicted octanol–water partition coefficient (Wildman–Crippen LogP) is 1.74. The maximum absolute atomic E-state index is 12.5. The van der Waals surface area contributed by atoms with Gasteiger partial charge in [-0.15, -0.1) is 0 Å². The number of nitrogen functional groups attached to an aromatic ring is 1. The van der Waals surface area contributed by atoms with E-state index in [1.807, 2.05) is 11.8 Å². The highest BCUT2D eigenvalue weighted by Gasteiger charge is 2.48. The van der Waals surface area contributed by atoms with Crippen LogP contribution >= 0.6 is 11.3 Å². The zero-order chi connectivity index (χ0) is 14.3. The molecule has 0 unspecified atom stereocenters. The molecule has 5 nitrogen and oxygen atoms in total. The second kappa shape index (κ2) is 5.00. The van der Waals surface area contributed by atoms with E-state index >= 15 is 0 Å². The van der Waals surface area contributed by atoms with Crippen LogP contribution in [0.5, 0.6) is 0 Å². The summed E-state index contributed by atoms with van der Waals surface area (Å²) >= 11 is 1.23. The van der Waals surface area contributed by atoms with Gasteiger partial charge in [-0.3, -0.25) is 4.79 Å². The maximum Gasteiger partial charge on any atom is 0.265 e. The SMILES string of the molecule is CC[C@]1(O)CCC[C@H]2CN(C(=O)c3cnc(N)s3)C[C@H]21. The van der Waals surface area contributed by atoms with Crippen LogP contribution in [-0.4, -0.2) is 39.6 Å². The second-order valence-electron chi connectivity index (χ2n) is 5.99. The molecule has 0 radical (unpaired) electrons. The summed E-state index contributed by atoms with van der Waals surface area (Å²) < 4.78 is 0. The lowest BCUT2D eigenvalue weighted by Crippen LogP contribution is -2.44. The Balaban J connectivity index is 1.77. The van der Waals surface area contributed by atoms with Gasteiger partial charge >= 0.3 is 0 Å².